The van der Waals surface area contributed by atoms with Crippen LogP contribution >= 0.6 is 11.8 Å². The Morgan fingerprint density at radius 2 is 2.17 bits per heavy atom. The van der Waals surface area contributed by atoms with E-state index in [1.807, 2.05) is 13.1 Å². The Bertz CT molecular complexity index is 363. The van der Waals surface area contributed by atoms with E-state index in [0.29, 0.717) is 5.92 Å². The summed E-state index contributed by atoms with van der Waals surface area (Å²) in [5.74, 6) is 5.03. The van der Waals surface area contributed by atoms with Gasteiger partial charge in [0.25, 0.3) is 0 Å². The van der Waals surface area contributed by atoms with Crippen molar-refractivity contribution in [3.05, 3.63) is 29.8 Å². The number of methoxy groups -OCH3 is 1. The average Bonchev–Trinajstić information content (AvgIpc) is 2.46. The lowest BCUT2D eigenvalue weighted by molar-refractivity contribution is 0.381. The molecule has 1 unspecified atom stereocenters. The third-order valence-electron chi connectivity index (χ3n) is 3.78. The molecule has 1 atom stereocenters. The van der Waals surface area contributed by atoms with Gasteiger partial charge in [-0.25, -0.2) is 0 Å². The van der Waals surface area contributed by atoms with Gasteiger partial charge in [0.05, 0.1) is 7.11 Å². The van der Waals surface area contributed by atoms with Crippen molar-refractivity contribution in [2.75, 3.05) is 32.2 Å². The zero-order valence-electron chi connectivity index (χ0n) is 11.3. The van der Waals surface area contributed by atoms with Crippen LogP contribution in [0.15, 0.2) is 24.3 Å². The van der Waals surface area contributed by atoms with E-state index in [-0.39, 0.29) is 0 Å². The van der Waals surface area contributed by atoms with Crippen molar-refractivity contribution in [3.8, 4) is 5.75 Å². The van der Waals surface area contributed by atoms with Crippen LogP contribution in [0.5, 0.6) is 5.75 Å². The Morgan fingerprint density at radius 3 is 2.83 bits per heavy atom. The Kier molecular flexibility index (Phi) is 5.39. The normalized spacial score (nSPS) is 18.6. The van der Waals surface area contributed by atoms with Gasteiger partial charge in [-0.1, -0.05) is 12.1 Å². The zero-order chi connectivity index (χ0) is 12.8. The van der Waals surface area contributed by atoms with Gasteiger partial charge in [-0.15, -0.1) is 0 Å². The summed E-state index contributed by atoms with van der Waals surface area (Å²) in [5, 5.41) is 3.35. The average molecular weight is 265 g/mol. The van der Waals surface area contributed by atoms with Crippen molar-refractivity contribution in [3.63, 3.8) is 0 Å². The number of hydrogen-bond acceptors (Lipinski definition) is 3. The van der Waals surface area contributed by atoms with Crippen LogP contribution in [-0.4, -0.2) is 32.2 Å². The van der Waals surface area contributed by atoms with Crippen LogP contribution in [0.4, 0.5) is 0 Å². The summed E-state index contributed by atoms with van der Waals surface area (Å²) >= 11 is 2.09. The lowest BCUT2D eigenvalue weighted by Gasteiger charge is -2.30. The number of nitrogens with one attached hydrogen (secondary N) is 1. The summed E-state index contributed by atoms with van der Waals surface area (Å²) < 4.78 is 5.35. The highest BCUT2D eigenvalue weighted by Gasteiger charge is 2.24. The van der Waals surface area contributed by atoms with Gasteiger partial charge in [-0.2, -0.15) is 11.8 Å². The molecule has 2 nitrogen and oxygen atoms in total. The van der Waals surface area contributed by atoms with Crippen molar-refractivity contribution < 1.29 is 4.74 Å². The molecule has 1 fully saturated rings. The van der Waals surface area contributed by atoms with Crippen molar-refractivity contribution >= 4 is 11.8 Å². The smallest absolute Gasteiger partial charge is 0.119 e. The Hall–Kier alpha value is -0.670. The van der Waals surface area contributed by atoms with Crippen LogP contribution < -0.4 is 10.1 Å². The molecule has 1 aromatic carbocycles. The van der Waals surface area contributed by atoms with Crippen LogP contribution in [0.1, 0.15) is 24.3 Å². The van der Waals surface area contributed by atoms with Gasteiger partial charge in [0.2, 0.25) is 0 Å². The van der Waals surface area contributed by atoms with Gasteiger partial charge in [0.1, 0.15) is 5.75 Å². The topological polar surface area (TPSA) is 21.3 Å². The van der Waals surface area contributed by atoms with E-state index in [9.17, 15) is 0 Å². The van der Waals surface area contributed by atoms with Crippen molar-refractivity contribution in [1.82, 2.24) is 5.32 Å². The first-order valence-electron chi connectivity index (χ1n) is 6.71. The zero-order valence-corrected chi connectivity index (χ0v) is 12.1. The van der Waals surface area contributed by atoms with E-state index < -0.39 is 0 Å². The predicted octanol–water partition coefficient (Wildman–Crippen LogP) is 3.14. The molecule has 0 aromatic heterocycles. The standard InChI is InChI=1S/C15H23NOS/c1-16-11-15(12-6-8-18-9-7-12)13-4-3-5-14(10-13)17-2/h3-5,10,12,15-16H,6-9,11H2,1-2H3. The molecule has 1 N–H and O–H groups in total. The number of benzene rings is 1. The van der Waals surface area contributed by atoms with Crippen molar-refractivity contribution in [1.29, 1.82) is 0 Å². The molecular weight excluding hydrogens is 242 g/mol. The third kappa shape index (κ3) is 3.42. The molecule has 0 spiro atoms. The summed E-state index contributed by atoms with van der Waals surface area (Å²) in [4.78, 5) is 0. The lowest BCUT2D eigenvalue weighted by atomic mass is 9.82. The first-order chi connectivity index (χ1) is 8.85. The van der Waals surface area contributed by atoms with Gasteiger partial charge in [0.15, 0.2) is 0 Å². The summed E-state index contributed by atoms with van der Waals surface area (Å²) in [6, 6.07) is 8.57. The van der Waals surface area contributed by atoms with E-state index in [0.717, 1.165) is 18.2 Å². The number of rotatable bonds is 5. The van der Waals surface area contributed by atoms with E-state index >= 15 is 0 Å². The first-order valence-corrected chi connectivity index (χ1v) is 7.87. The minimum absolute atomic E-state index is 0.617. The highest BCUT2D eigenvalue weighted by molar-refractivity contribution is 7.99. The Balaban J connectivity index is 2.16. The summed E-state index contributed by atoms with van der Waals surface area (Å²) in [6.07, 6.45) is 2.68. The second kappa shape index (κ2) is 7.05. The molecule has 0 saturated carbocycles. The van der Waals surface area contributed by atoms with Crippen LogP contribution in [0, 0.1) is 5.92 Å². The Labute approximate surface area is 114 Å². The summed E-state index contributed by atoms with van der Waals surface area (Å²) in [6.45, 7) is 1.06. The fourth-order valence-corrected chi connectivity index (χ4v) is 3.91. The fraction of sp³-hybridized carbons (Fsp3) is 0.600. The van der Waals surface area contributed by atoms with Crippen LogP contribution in [0.25, 0.3) is 0 Å². The molecule has 1 heterocycles. The maximum absolute atomic E-state index is 5.35. The molecule has 1 aliphatic heterocycles. The van der Waals surface area contributed by atoms with Crippen molar-refractivity contribution in [2.24, 2.45) is 5.92 Å². The highest BCUT2D eigenvalue weighted by atomic mass is 32.2. The van der Waals surface area contributed by atoms with E-state index in [1.165, 1.54) is 29.9 Å². The van der Waals surface area contributed by atoms with E-state index in [1.54, 1.807) is 7.11 Å². The van der Waals surface area contributed by atoms with Crippen LogP contribution in [0.2, 0.25) is 0 Å². The quantitative estimate of drug-likeness (QED) is 0.884. The maximum Gasteiger partial charge on any atom is 0.119 e. The monoisotopic (exact) mass is 265 g/mol. The molecule has 1 saturated heterocycles. The number of thioether (sulfide) groups is 1. The first kappa shape index (κ1) is 13.8. The molecule has 0 amide bonds. The van der Waals surface area contributed by atoms with Gasteiger partial charge in [0, 0.05) is 6.54 Å². The van der Waals surface area contributed by atoms with Crippen molar-refractivity contribution in [2.45, 2.75) is 18.8 Å². The lowest BCUT2D eigenvalue weighted by Crippen LogP contribution is -2.27. The highest BCUT2D eigenvalue weighted by Crippen LogP contribution is 2.35. The van der Waals surface area contributed by atoms with E-state index in [2.05, 4.69) is 35.3 Å². The largest absolute Gasteiger partial charge is 0.497 e. The number of likely N-dealkylation sites (N-methyl/N-ethyl adjacent to an activating group) is 1. The molecule has 0 bridgehead atoms. The molecule has 100 valence electrons. The molecule has 18 heavy (non-hydrogen) atoms. The molecule has 3 heteroatoms. The fourth-order valence-electron chi connectivity index (χ4n) is 2.77. The number of ether oxygens (including phenoxy) is 1. The Morgan fingerprint density at radius 1 is 1.39 bits per heavy atom. The summed E-state index contributed by atoms with van der Waals surface area (Å²) in [5.41, 5.74) is 1.42. The second-order valence-electron chi connectivity index (χ2n) is 4.89. The minimum atomic E-state index is 0.617. The second-order valence-corrected chi connectivity index (χ2v) is 6.12. The SMILES string of the molecule is CNCC(c1cccc(OC)c1)C1CCSCC1. The third-order valence-corrected chi connectivity index (χ3v) is 4.83. The van der Waals surface area contributed by atoms with E-state index in [4.69, 9.17) is 4.74 Å². The number of hydrogen-bond donors (Lipinski definition) is 1. The molecule has 2 rings (SSSR count). The predicted molar refractivity (Wildman–Crippen MR) is 79.7 cm³/mol. The summed E-state index contributed by atoms with van der Waals surface area (Å²) in [7, 11) is 3.79. The van der Waals surface area contributed by atoms with Gasteiger partial charge >= 0.3 is 0 Å². The van der Waals surface area contributed by atoms with Crippen LogP contribution in [0.3, 0.4) is 0 Å². The molecule has 0 aliphatic carbocycles. The van der Waals surface area contributed by atoms with Gasteiger partial charge < -0.3 is 10.1 Å². The molecule has 0 radical (unpaired) electrons. The molecule has 1 aliphatic rings. The van der Waals surface area contributed by atoms with Gasteiger partial charge in [-0.3, -0.25) is 0 Å². The van der Waals surface area contributed by atoms with Crippen LogP contribution in [-0.2, 0) is 0 Å². The minimum Gasteiger partial charge on any atom is -0.497 e. The maximum atomic E-state index is 5.35. The molecular formula is C15H23NOS. The van der Waals surface area contributed by atoms with Gasteiger partial charge in [-0.05, 0) is 60.9 Å². The molecule has 1 aromatic rings.